The van der Waals surface area contributed by atoms with E-state index in [9.17, 15) is 13.2 Å². The van der Waals surface area contributed by atoms with E-state index in [-0.39, 0.29) is 23.0 Å². The molecule has 8 heteroatoms. The lowest BCUT2D eigenvalue weighted by atomic mass is 10.2. The van der Waals surface area contributed by atoms with Gasteiger partial charge in [-0.05, 0) is 56.7 Å². The van der Waals surface area contributed by atoms with Gasteiger partial charge in [-0.15, -0.1) is 0 Å². The number of benzene rings is 2. The summed E-state index contributed by atoms with van der Waals surface area (Å²) in [7, 11) is -3.70. The topological polar surface area (TPSA) is 84.9 Å². The van der Waals surface area contributed by atoms with Crippen LogP contribution in [0.15, 0.2) is 53.4 Å². The van der Waals surface area contributed by atoms with Gasteiger partial charge in [-0.3, -0.25) is 4.79 Å². The van der Waals surface area contributed by atoms with E-state index in [1.165, 1.54) is 16.4 Å². The molecule has 0 aliphatic carbocycles. The molecule has 1 heterocycles. The molecule has 3 rings (SSSR count). The number of rotatable bonds is 7. The van der Waals surface area contributed by atoms with Crippen LogP contribution in [0.5, 0.6) is 5.75 Å². The number of amides is 1. The SMILES string of the molecule is Cc1cccc(OCCNC(=O)c2cccc(S(=O)(=O)N3CC(C)OC(C)C3)c2)c1. The summed E-state index contributed by atoms with van der Waals surface area (Å²) in [5, 5.41) is 2.76. The van der Waals surface area contributed by atoms with E-state index < -0.39 is 10.0 Å². The smallest absolute Gasteiger partial charge is 0.251 e. The molecular weight excluding hydrogens is 404 g/mol. The predicted octanol–water partition coefficient (Wildman–Crippen LogP) is 2.60. The van der Waals surface area contributed by atoms with Gasteiger partial charge in [-0.1, -0.05) is 18.2 Å². The third-order valence-electron chi connectivity index (χ3n) is 4.77. The predicted molar refractivity (Wildman–Crippen MR) is 114 cm³/mol. The lowest BCUT2D eigenvalue weighted by Crippen LogP contribution is -2.48. The van der Waals surface area contributed by atoms with Crippen molar-refractivity contribution in [3.63, 3.8) is 0 Å². The molecule has 0 radical (unpaired) electrons. The second-order valence-corrected chi connectivity index (χ2v) is 9.47. The first-order valence-electron chi connectivity index (χ1n) is 9.99. The maximum Gasteiger partial charge on any atom is 0.251 e. The number of carbonyl (C=O) groups excluding carboxylic acids is 1. The van der Waals surface area contributed by atoms with Crippen LogP contribution in [0, 0.1) is 6.92 Å². The fourth-order valence-corrected chi connectivity index (χ4v) is 5.05. The van der Waals surface area contributed by atoms with E-state index in [0.29, 0.717) is 31.8 Å². The van der Waals surface area contributed by atoms with Crippen molar-refractivity contribution < 1.29 is 22.7 Å². The van der Waals surface area contributed by atoms with Crippen molar-refractivity contribution in [3.8, 4) is 5.75 Å². The zero-order chi connectivity index (χ0) is 21.7. The number of nitrogens with one attached hydrogen (secondary N) is 1. The minimum absolute atomic E-state index is 0.104. The third kappa shape index (κ3) is 5.59. The highest BCUT2D eigenvalue weighted by molar-refractivity contribution is 7.89. The molecule has 2 unspecified atom stereocenters. The van der Waals surface area contributed by atoms with Crippen molar-refractivity contribution in [2.45, 2.75) is 37.9 Å². The van der Waals surface area contributed by atoms with Gasteiger partial charge in [-0.25, -0.2) is 8.42 Å². The minimum atomic E-state index is -3.70. The molecule has 0 saturated carbocycles. The molecule has 1 amide bonds. The maximum absolute atomic E-state index is 13.0. The Labute approximate surface area is 178 Å². The molecular formula is C22H28N2O5S. The van der Waals surface area contributed by atoms with Crippen molar-refractivity contribution in [1.29, 1.82) is 0 Å². The van der Waals surface area contributed by atoms with Gasteiger partial charge < -0.3 is 14.8 Å². The first kappa shape index (κ1) is 22.3. The average molecular weight is 433 g/mol. The highest BCUT2D eigenvalue weighted by atomic mass is 32.2. The average Bonchev–Trinajstić information content (AvgIpc) is 2.70. The minimum Gasteiger partial charge on any atom is -0.492 e. The molecule has 1 saturated heterocycles. The van der Waals surface area contributed by atoms with E-state index in [1.807, 2.05) is 45.0 Å². The maximum atomic E-state index is 13.0. The van der Waals surface area contributed by atoms with E-state index in [1.54, 1.807) is 12.1 Å². The Morgan fingerprint density at radius 3 is 2.53 bits per heavy atom. The molecule has 0 spiro atoms. The van der Waals surface area contributed by atoms with Crippen LogP contribution in [0.1, 0.15) is 29.8 Å². The van der Waals surface area contributed by atoms with Crippen LogP contribution in [0.3, 0.4) is 0 Å². The largest absolute Gasteiger partial charge is 0.492 e. The number of hydrogen-bond donors (Lipinski definition) is 1. The zero-order valence-electron chi connectivity index (χ0n) is 17.5. The number of carbonyl (C=O) groups is 1. The first-order chi connectivity index (χ1) is 14.3. The summed E-state index contributed by atoms with van der Waals surface area (Å²) >= 11 is 0. The van der Waals surface area contributed by atoms with Gasteiger partial charge in [-0.2, -0.15) is 4.31 Å². The number of hydrogen-bond acceptors (Lipinski definition) is 5. The molecule has 1 fully saturated rings. The van der Waals surface area contributed by atoms with E-state index in [0.717, 1.165) is 11.3 Å². The van der Waals surface area contributed by atoms with Gasteiger partial charge in [0.25, 0.3) is 5.91 Å². The summed E-state index contributed by atoms with van der Waals surface area (Å²) in [4.78, 5) is 12.6. The Bertz CT molecular complexity index is 983. The van der Waals surface area contributed by atoms with Crippen molar-refractivity contribution >= 4 is 15.9 Å². The summed E-state index contributed by atoms with van der Waals surface area (Å²) < 4.78 is 38.7. The van der Waals surface area contributed by atoms with E-state index in [2.05, 4.69) is 5.32 Å². The molecule has 0 aromatic heterocycles. The zero-order valence-corrected chi connectivity index (χ0v) is 18.3. The highest BCUT2D eigenvalue weighted by Crippen LogP contribution is 2.22. The number of sulfonamides is 1. The van der Waals surface area contributed by atoms with E-state index >= 15 is 0 Å². The molecule has 7 nitrogen and oxygen atoms in total. The Balaban J connectivity index is 1.60. The van der Waals surface area contributed by atoms with Crippen LogP contribution in [-0.2, 0) is 14.8 Å². The molecule has 30 heavy (non-hydrogen) atoms. The third-order valence-corrected chi connectivity index (χ3v) is 6.59. The number of morpholine rings is 1. The molecule has 2 atom stereocenters. The molecule has 0 bridgehead atoms. The van der Waals surface area contributed by atoms with Crippen LogP contribution in [0.25, 0.3) is 0 Å². The number of ether oxygens (including phenoxy) is 2. The first-order valence-corrected chi connectivity index (χ1v) is 11.4. The van der Waals surface area contributed by atoms with Crippen molar-refractivity contribution in [3.05, 3.63) is 59.7 Å². The van der Waals surface area contributed by atoms with Gasteiger partial charge in [0.1, 0.15) is 12.4 Å². The lowest BCUT2D eigenvalue weighted by molar-refractivity contribution is -0.0440. The Hall–Kier alpha value is -2.42. The van der Waals surface area contributed by atoms with Crippen LogP contribution >= 0.6 is 0 Å². The van der Waals surface area contributed by atoms with Gasteiger partial charge in [0.05, 0.1) is 23.6 Å². The lowest BCUT2D eigenvalue weighted by Gasteiger charge is -2.34. The highest BCUT2D eigenvalue weighted by Gasteiger charge is 2.32. The fourth-order valence-electron chi connectivity index (χ4n) is 3.41. The van der Waals surface area contributed by atoms with Crippen LogP contribution in [0.2, 0.25) is 0 Å². The van der Waals surface area contributed by atoms with Crippen LogP contribution < -0.4 is 10.1 Å². The van der Waals surface area contributed by atoms with Crippen LogP contribution in [0.4, 0.5) is 0 Å². The summed E-state index contributed by atoms with van der Waals surface area (Å²) in [6.07, 6.45) is -0.355. The Morgan fingerprint density at radius 2 is 1.83 bits per heavy atom. The molecule has 2 aromatic carbocycles. The molecule has 1 aliphatic rings. The van der Waals surface area contributed by atoms with Crippen LogP contribution in [-0.4, -0.2) is 57.1 Å². The van der Waals surface area contributed by atoms with E-state index in [4.69, 9.17) is 9.47 Å². The summed E-state index contributed by atoms with van der Waals surface area (Å²) in [6.45, 7) is 6.88. The molecule has 1 N–H and O–H groups in total. The normalized spacial score (nSPS) is 20.0. The summed E-state index contributed by atoms with van der Waals surface area (Å²) in [5.74, 6) is 0.398. The Kier molecular flexibility index (Phi) is 7.12. The summed E-state index contributed by atoms with van der Waals surface area (Å²) in [5.41, 5.74) is 1.39. The van der Waals surface area contributed by atoms with Gasteiger partial charge in [0.2, 0.25) is 10.0 Å². The van der Waals surface area contributed by atoms with Gasteiger partial charge in [0.15, 0.2) is 0 Å². The molecule has 162 valence electrons. The summed E-state index contributed by atoms with van der Waals surface area (Å²) in [6, 6.07) is 13.8. The second-order valence-electron chi connectivity index (χ2n) is 7.53. The Morgan fingerprint density at radius 1 is 1.13 bits per heavy atom. The van der Waals surface area contributed by atoms with Gasteiger partial charge >= 0.3 is 0 Å². The molecule has 1 aliphatic heterocycles. The quantitative estimate of drug-likeness (QED) is 0.680. The van der Waals surface area contributed by atoms with Crippen molar-refractivity contribution in [2.75, 3.05) is 26.2 Å². The number of nitrogens with zero attached hydrogens (tertiary/aromatic N) is 1. The standard InChI is InChI=1S/C22H28N2O5S/c1-16-6-4-8-20(12-16)28-11-10-23-22(25)19-7-5-9-21(13-19)30(26,27)24-14-17(2)29-18(3)15-24/h4-9,12-13,17-18H,10-11,14-15H2,1-3H3,(H,23,25). The van der Waals surface area contributed by atoms with Crippen molar-refractivity contribution in [1.82, 2.24) is 9.62 Å². The molecule has 2 aromatic rings. The van der Waals surface area contributed by atoms with Crippen molar-refractivity contribution in [2.24, 2.45) is 0 Å². The monoisotopic (exact) mass is 432 g/mol. The number of aryl methyl sites for hydroxylation is 1. The fraction of sp³-hybridized carbons (Fsp3) is 0.409. The second kappa shape index (κ2) is 9.59. The van der Waals surface area contributed by atoms with Gasteiger partial charge in [0, 0.05) is 18.7 Å².